The molecular weight excluding hydrogens is 206 g/mol. The van der Waals surface area contributed by atoms with Gasteiger partial charge in [0.05, 0.1) is 20.4 Å². The smallest absolute Gasteiger partial charge is 0.212 e. The molecule has 2 aromatic rings. The molecule has 2 rings (SSSR count). The number of methoxy groups -OCH3 is 2. The Bertz CT molecular complexity index is 427. The highest BCUT2D eigenvalue weighted by molar-refractivity contribution is 5.85. The number of ether oxygens (including phenoxy) is 2. The zero-order valence-electron chi connectivity index (χ0n) is 7.81. The molecule has 1 aromatic heterocycles. The lowest BCUT2D eigenvalue weighted by atomic mass is 10.2. The van der Waals surface area contributed by atoms with Crippen molar-refractivity contribution in [1.29, 1.82) is 0 Å². The third-order valence-electron chi connectivity index (χ3n) is 1.87. The molecule has 0 aliphatic carbocycles. The number of rotatable bonds is 2. The fourth-order valence-electron chi connectivity index (χ4n) is 1.25. The number of hydrogen-bond acceptors (Lipinski definition) is 4. The van der Waals surface area contributed by atoms with Crippen molar-refractivity contribution in [3.63, 3.8) is 0 Å². The van der Waals surface area contributed by atoms with Gasteiger partial charge in [0.15, 0.2) is 5.75 Å². The van der Waals surface area contributed by atoms with Crippen LogP contribution >= 0.6 is 12.4 Å². The average molecular weight is 216 g/mol. The van der Waals surface area contributed by atoms with Gasteiger partial charge < -0.3 is 14.0 Å². The molecule has 5 heteroatoms. The van der Waals surface area contributed by atoms with Gasteiger partial charge in [0.25, 0.3) is 0 Å². The summed E-state index contributed by atoms with van der Waals surface area (Å²) in [6.07, 6.45) is 1.64. The summed E-state index contributed by atoms with van der Waals surface area (Å²) in [7, 11) is 3.15. The van der Waals surface area contributed by atoms with Crippen molar-refractivity contribution < 1.29 is 14.0 Å². The van der Waals surface area contributed by atoms with Crippen LogP contribution in [0.25, 0.3) is 11.0 Å². The van der Waals surface area contributed by atoms with Crippen molar-refractivity contribution in [2.24, 2.45) is 0 Å². The topological polar surface area (TPSA) is 44.5 Å². The molecule has 1 aromatic carbocycles. The predicted molar refractivity (Wildman–Crippen MR) is 54.4 cm³/mol. The molecule has 0 bridgehead atoms. The maximum atomic E-state index is 5.15. The summed E-state index contributed by atoms with van der Waals surface area (Å²) in [5, 5.41) is 4.58. The van der Waals surface area contributed by atoms with E-state index in [1.807, 2.05) is 12.1 Å². The van der Waals surface area contributed by atoms with Crippen molar-refractivity contribution >= 4 is 23.4 Å². The van der Waals surface area contributed by atoms with Crippen LogP contribution in [0.5, 0.6) is 11.5 Å². The summed E-state index contributed by atoms with van der Waals surface area (Å²) in [5.41, 5.74) is 0.613. The Kier molecular flexibility index (Phi) is 3.19. The van der Waals surface area contributed by atoms with Crippen molar-refractivity contribution in [3.8, 4) is 11.5 Å². The van der Waals surface area contributed by atoms with Crippen LogP contribution in [0.15, 0.2) is 22.9 Å². The lowest BCUT2D eigenvalue weighted by Crippen LogP contribution is -1.89. The second-order valence-corrected chi connectivity index (χ2v) is 2.55. The van der Waals surface area contributed by atoms with E-state index in [0.717, 1.165) is 5.39 Å². The van der Waals surface area contributed by atoms with Crippen LogP contribution in [0.2, 0.25) is 0 Å². The lowest BCUT2D eigenvalue weighted by molar-refractivity contribution is 0.347. The van der Waals surface area contributed by atoms with Gasteiger partial charge in [0.2, 0.25) is 11.3 Å². The first-order chi connectivity index (χ1) is 6.36. The highest BCUT2D eigenvalue weighted by atomic mass is 35.5. The molecule has 0 aliphatic rings. The Morgan fingerprint density at radius 1 is 1.21 bits per heavy atom. The number of fused-ring (bicyclic) bond motifs is 1. The van der Waals surface area contributed by atoms with Gasteiger partial charge >= 0.3 is 0 Å². The van der Waals surface area contributed by atoms with E-state index in [2.05, 4.69) is 5.16 Å². The summed E-state index contributed by atoms with van der Waals surface area (Å²) in [6, 6.07) is 3.69. The fourth-order valence-corrected chi connectivity index (χ4v) is 1.25. The molecule has 0 spiro atoms. The Morgan fingerprint density at radius 3 is 2.64 bits per heavy atom. The van der Waals surface area contributed by atoms with E-state index in [9.17, 15) is 0 Å². The minimum Gasteiger partial charge on any atom is -0.493 e. The van der Waals surface area contributed by atoms with Gasteiger partial charge in [-0.25, -0.2) is 0 Å². The van der Waals surface area contributed by atoms with Gasteiger partial charge in [-0.1, -0.05) is 5.16 Å². The van der Waals surface area contributed by atoms with E-state index in [4.69, 9.17) is 14.0 Å². The van der Waals surface area contributed by atoms with Gasteiger partial charge in [-0.05, 0) is 12.1 Å². The van der Waals surface area contributed by atoms with Crippen molar-refractivity contribution in [3.05, 3.63) is 18.3 Å². The first-order valence-corrected chi connectivity index (χ1v) is 3.82. The molecule has 76 valence electrons. The molecule has 14 heavy (non-hydrogen) atoms. The summed E-state index contributed by atoms with van der Waals surface area (Å²) < 4.78 is 15.3. The highest BCUT2D eigenvalue weighted by Gasteiger charge is 2.11. The van der Waals surface area contributed by atoms with Crippen LogP contribution in [0.1, 0.15) is 0 Å². The predicted octanol–water partition coefficient (Wildman–Crippen LogP) is 2.27. The number of halogens is 1. The van der Waals surface area contributed by atoms with E-state index < -0.39 is 0 Å². The monoisotopic (exact) mass is 215 g/mol. The summed E-state index contributed by atoms with van der Waals surface area (Å²) in [5.74, 6) is 1.23. The zero-order chi connectivity index (χ0) is 9.26. The zero-order valence-corrected chi connectivity index (χ0v) is 8.63. The van der Waals surface area contributed by atoms with Crippen molar-refractivity contribution in [2.45, 2.75) is 0 Å². The van der Waals surface area contributed by atoms with Crippen LogP contribution in [0.3, 0.4) is 0 Å². The van der Waals surface area contributed by atoms with Gasteiger partial charge in [-0.15, -0.1) is 12.4 Å². The summed E-state index contributed by atoms with van der Waals surface area (Å²) >= 11 is 0. The minimum atomic E-state index is 0. The standard InChI is InChI=1S/C9H9NO3.ClH/c1-11-7-4-3-6-5-10-13-8(6)9(7)12-2;/h3-5H,1-2H3;1H. The van der Waals surface area contributed by atoms with Gasteiger partial charge in [0.1, 0.15) is 0 Å². The number of aromatic nitrogens is 1. The second-order valence-electron chi connectivity index (χ2n) is 2.55. The molecule has 0 saturated heterocycles. The normalized spacial score (nSPS) is 9.57. The average Bonchev–Trinajstić information content (AvgIpc) is 2.63. The molecule has 0 saturated carbocycles. The third-order valence-corrected chi connectivity index (χ3v) is 1.87. The Balaban J connectivity index is 0.000000980. The molecule has 1 heterocycles. The van der Waals surface area contributed by atoms with Crippen molar-refractivity contribution in [1.82, 2.24) is 5.16 Å². The van der Waals surface area contributed by atoms with Crippen LogP contribution in [-0.2, 0) is 0 Å². The molecule has 0 unspecified atom stereocenters. The van der Waals surface area contributed by atoms with Crippen LogP contribution in [0.4, 0.5) is 0 Å². The van der Waals surface area contributed by atoms with Crippen LogP contribution < -0.4 is 9.47 Å². The molecule has 0 N–H and O–H groups in total. The Labute approximate surface area is 87.2 Å². The van der Waals surface area contributed by atoms with E-state index in [0.29, 0.717) is 17.1 Å². The highest BCUT2D eigenvalue weighted by Crippen LogP contribution is 2.34. The molecular formula is C9H10ClNO3. The molecule has 0 radical (unpaired) electrons. The summed E-state index contributed by atoms with van der Waals surface area (Å²) in [6.45, 7) is 0. The van der Waals surface area contributed by atoms with E-state index >= 15 is 0 Å². The van der Waals surface area contributed by atoms with Crippen LogP contribution in [-0.4, -0.2) is 19.4 Å². The molecule has 0 atom stereocenters. The van der Waals surface area contributed by atoms with E-state index in [1.165, 1.54) is 0 Å². The largest absolute Gasteiger partial charge is 0.493 e. The van der Waals surface area contributed by atoms with Gasteiger partial charge in [-0.3, -0.25) is 0 Å². The van der Waals surface area contributed by atoms with Crippen LogP contribution in [0, 0.1) is 0 Å². The minimum absolute atomic E-state index is 0. The lowest BCUT2D eigenvalue weighted by Gasteiger charge is -2.05. The third kappa shape index (κ3) is 1.48. The maximum Gasteiger partial charge on any atom is 0.212 e. The molecule has 0 aliphatic heterocycles. The quantitative estimate of drug-likeness (QED) is 0.771. The Morgan fingerprint density at radius 2 is 2.00 bits per heavy atom. The maximum absolute atomic E-state index is 5.15. The van der Waals surface area contributed by atoms with Gasteiger partial charge in [0, 0.05) is 5.39 Å². The first-order valence-electron chi connectivity index (χ1n) is 3.82. The summed E-state index contributed by atoms with van der Waals surface area (Å²) in [4.78, 5) is 0. The molecule has 0 amide bonds. The van der Waals surface area contributed by atoms with Gasteiger partial charge in [-0.2, -0.15) is 0 Å². The number of hydrogen-bond donors (Lipinski definition) is 0. The fraction of sp³-hybridized carbons (Fsp3) is 0.222. The molecule has 0 fully saturated rings. The SMILES string of the molecule is COc1ccc2cnoc2c1OC.Cl. The number of benzene rings is 1. The molecule has 4 nitrogen and oxygen atoms in total. The first kappa shape index (κ1) is 10.7. The van der Waals surface area contributed by atoms with E-state index in [1.54, 1.807) is 20.4 Å². The Hall–Kier alpha value is -1.42. The second kappa shape index (κ2) is 4.19. The number of nitrogens with zero attached hydrogens (tertiary/aromatic N) is 1. The van der Waals surface area contributed by atoms with E-state index in [-0.39, 0.29) is 12.4 Å². The van der Waals surface area contributed by atoms with Crippen molar-refractivity contribution in [2.75, 3.05) is 14.2 Å².